The second-order valence-corrected chi connectivity index (χ2v) is 4.91. The Bertz CT molecular complexity index is 701. The van der Waals surface area contributed by atoms with Gasteiger partial charge in [0.05, 0.1) is 23.2 Å². The monoisotopic (exact) mass is 271 g/mol. The van der Waals surface area contributed by atoms with E-state index in [1.165, 1.54) is 11.1 Å². The highest BCUT2D eigenvalue weighted by molar-refractivity contribution is 6.35. The number of aromatic nitrogens is 3. The van der Waals surface area contributed by atoms with Crippen molar-refractivity contribution in [2.75, 3.05) is 0 Å². The van der Waals surface area contributed by atoms with Crippen LogP contribution in [0.15, 0.2) is 42.7 Å². The van der Waals surface area contributed by atoms with Gasteiger partial charge in [-0.05, 0) is 23.6 Å². The molecular weight excluding hydrogens is 258 g/mol. The van der Waals surface area contributed by atoms with Crippen molar-refractivity contribution in [3.05, 3.63) is 58.9 Å². The summed E-state index contributed by atoms with van der Waals surface area (Å²) in [6.07, 6.45) is 4.54. The zero-order chi connectivity index (χ0) is 13.2. The Balaban J connectivity index is 1.94. The molecule has 0 N–H and O–H groups in total. The number of benzene rings is 1. The lowest BCUT2D eigenvalue weighted by Crippen LogP contribution is -2.02. The van der Waals surface area contributed by atoms with Crippen LogP contribution in [0.2, 0.25) is 5.02 Å². The Labute approximate surface area is 116 Å². The van der Waals surface area contributed by atoms with Crippen molar-refractivity contribution in [2.45, 2.75) is 19.9 Å². The molecule has 0 amide bonds. The molecule has 0 unspecified atom stereocenters. The molecule has 19 heavy (non-hydrogen) atoms. The van der Waals surface area contributed by atoms with Crippen LogP contribution in [-0.2, 0) is 13.0 Å². The molecule has 0 radical (unpaired) electrons. The third-order valence-electron chi connectivity index (χ3n) is 3.25. The van der Waals surface area contributed by atoms with Gasteiger partial charge < -0.3 is 0 Å². The predicted octanol–water partition coefficient (Wildman–Crippen LogP) is 3.70. The van der Waals surface area contributed by atoms with Crippen LogP contribution in [0.4, 0.5) is 0 Å². The first-order valence-corrected chi connectivity index (χ1v) is 6.69. The Morgan fingerprint density at radius 1 is 1.11 bits per heavy atom. The summed E-state index contributed by atoms with van der Waals surface area (Å²) in [6.45, 7) is 2.86. The van der Waals surface area contributed by atoms with Gasteiger partial charge in [-0.25, -0.2) is 9.67 Å². The van der Waals surface area contributed by atoms with E-state index in [4.69, 9.17) is 11.6 Å². The lowest BCUT2D eigenvalue weighted by Gasteiger charge is -2.04. The molecule has 1 aromatic carbocycles. The Kier molecular flexibility index (Phi) is 3.22. The van der Waals surface area contributed by atoms with Gasteiger partial charge in [-0.1, -0.05) is 42.8 Å². The normalized spacial score (nSPS) is 11.1. The van der Waals surface area contributed by atoms with E-state index in [1.807, 2.05) is 4.68 Å². The molecule has 3 rings (SSSR count). The summed E-state index contributed by atoms with van der Waals surface area (Å²) in [7, 11) is 0. The zero-order valence-electron chi connectivity index (χ0n) is 10.7. The van der Waals surface area contributed by atoms with E-state index in [0.717, 1.165) is 17.5 Å². The van der Waals surface area contributed by atoms with Gasteiger partial charge in [-0.15, -0.1) is 0 Å². The Morgan fingerprint density at radius 3 is 2.58 bits per heavy atom. The Hall–Kier alpha value is -1.87. The topological polar surface area (TPSA) is 30.7 Å². The highest BCUT2D eigenvalue weighted by atomic mass is 35.5. The van der Waals surface area contributed by atoms with Crippen molar-refractivity contribution in [2.24, 2.45) is 0 Å². The average molecular weight is 272 g/mol. The lowest BCUT2D eigenvalue weighted by molar-refractivity contribution is 0.704. The minimum Gasteiger partial charge on any atom is -0.243 e. The van der Waals surface area contributed by atoms with Crippen LogP contribution in [0, 0.1) is 0 Å². The van der Waals surface area contributed by atoms with Crippen LogP contribution < -0.4 is 0 Å². The van der Waals surface area contributed by atoms with E-state index >= 15 is 0 Å². The number of pyridine rings is 1. The number of aryl methyl sites for hydroxylation is 1. The van der Waals surface area contributed by atoms with E-state index in [-0.39, 0.29) is 0 Å². The quantitative estimate of drug-likeness (QED) is 0.727. The summed E-state index contributed by atoms with van der Waals surface area (Å²) in [5.74, 6) is 0. The molecule has 2 heterocycles. The number of fused-ring (bicyclic) bond motifs is 1. The van der Waals surface area contributed by atoms with Crippen LogP contribution in [-0.4, -0.2) is 14.8 Å². The molecule has 0 bridgehead atoms. The molecule has 4 heteroatoms. The fourth-order valence-corrected chi connectivity index (χ4v) is 2.31. The number of halogens is 1. The van der Waals surface area contributed by atoms with E-state index in [1.54, 1.807) is 18.5 Å². The van der Waals surface area contributed by atoms with E-state index in [2.05, 4.69) is 41.3 Å². The molecule has 96 valence electrons. The fourth-order valence-electron chi connectivity index (χ4n) is 2.12. The molecule has 0 atom stereocenters. The van der Waals surface area contributed by atoms with E-state index in [0.29, 0.717) is 11.6 Å². The summed E-state index contributed by atoms with van der Waals surface area (Å²) < 4.78 is 1.88. The van der Waals surface area contributed by atoms with E-state index in [9.17, 15) is 0 Å². The van der Waals surface area contributed by atoms with Crippen molar-refractivity contribution in [1.29, 1.82) is 0 Å². The fraction of sp³-hybridized carbons (Fsp3) is 0.200. The molecule has 3 nitrogen and oxygen atoms in total. The van der Waals surface area contributed by atoms with Crippen LogP contribution in [0.1, 0.15) is 18.1 Å². The smallest absolute Gasteiger partial charge is 0.159 e. The van der Waals surface area contributed by atoms with Crippen molar-refractivity contribution >= 4 is 22.6 Å². The van der Waals surface area contributed by atoms with Gasteiger partial charge in [0, 0.05) is 6.20 Å². The van der Waals surface area contributed by atoms with Gasteiger partial charge >= 0.3 is 0 Å². The molecule has 3 aromatic rings. The Morgan fingerprint density at radius 2 is 1.84 bits per heavy atom. The van der Waals surface area contributed by atoms with Gasteiger partial charge in [0.2, 0.25) is 0 Å². The molecule has 0 saturated carbocycles. The van der Waals surface area contributed by atoms with Crippen molar-refractivity contribution < 1.29 is 0 Å². The van der Waals surface area contributed by atoms with Gasteiger partial charge in [0.15, 0.2) is 5.65 Å². The van der Waals surface area contributed by atoms with Gasteiger partial charge in [-0.3, -0.25) is 0 Å². The van der Waals surface area contributed by atoms with Gasteiger partial charge in [-0.2, -0.15) is 5.10 Å². The number of rotatable bonds is 3. The minimum absolute atomic E-state index is 0.692. The number of hydrogen-bond acceptors (Lipinski definition) is 2. The van der Waals surface area contributed by atoms with Crippen LogP contribution >= 0.6 is 11.6 Å². The van der Waals surface area contributed by atoms with Gasteiger partial charge in [0.25, 0.3) is 0 Å². The van der Waals surface area contributed by atoms with Crippen LogP contribution in [0.5, 0.6) is 0 Å². The second kappa shape index (κ2) is 5.02. The number of nitrogens with zero attached hydrogens (tertiary/aromatic N) is 3. The lowest BCUT2D eigenvalue weighted by atomic mass is 10.1. The maximum atomic E-state index is 6.12. The van der Waals surface area contributed by atoms with Gasteiger partial charge in [0.1, 0.15) is 0 Å². The summed E-state index contributed by atoms with van der Waals surface area (Å²) in [4.78, 5) is 4.35. The summed E-state index contributed by atoms with van der Waals surface area (Å²) >= 11 is 6.12. The maximum absolute atomic E-state index is 6.12. The zero-order valence-corrected chi connectivity index (χ0v) is 11.4. The molecule has 0 spiro atoms. The molecule has 0 aliphatic rings. The molecule has 2 aromatic heterocycles. The molecule has 0 aliphatic carbocycles. The largest absolute Gasteiger partial charge is 0.243 e. The third-order valence-corrected chi connectivity index (χ3v) is 3.58. The highest BCUT2D eigenvalue weighted by Gasteiger charge is 2.07. The van der Waals surface area contributed by atoms with Crippen molar-refractivity contribution in [1.82, 2.24) is 14.8 Å². The van der Waals surface area contributed by atoms with Crippen LogP contribution in [0.25, 0.3) is 11.0 Å². The molecule has 0 aliphatic heterocycles. The van der Waals surface area contributed by atoms with E-state index < -0.39 is 0 Å². The third kappa shape index (κ3) is 2.34. The maximum Gasteiger partial charge on any atom is 0.159 e. The standard InChI is InChI=1S/C15H14ClN3/c1-2-11-3-5-12(6-4-11)10-19-15-13(9-18-19)14(16)7-8-17-15/h3-9H,2,10H2,1H3. The minimum atomic E-state index is 0.692. The first-order valence-electron chi connectivity index (χ1n) is 6.32. The predicted molar refractivity (Wildman–Crippen MR) is 77.5 cm³/mol. The first kappa shape index (κ1) is 12.2. The molecule has 0 saturated heterocycles. The summed E-state index contributed by atoms with van der Waals surface area (Å²) in [6, 6.07) is 10.4. The molecule has 0 fully saturated rings. The summed E-state index contributed by atoms with van der Waals surface area (Å²) in [5, 5.41) is 5.95. The molecular formula is C15H14ClN3. The first-order chi connectivity index (χ1) is 9.28. The highest BCUT2D eigenvalue weighted by Crippen LogP contribution is 2.21. The van der Waals surface area contributed by atoms with Crippen molar-refractivity contribution in [3.8, 4) is 0 Å². The number of hydrogen-bond donors (Lipinski definition) is 0. The van der Waals surface area contributed by atoms with Crippen molar-refractivity contribution in [3.63, 3.8) is 0 Å². The summed E-state index contributed by atoms with van der Waals surface area (Å²) in [5.41, 5.74) is 3.38. The second-order valence-electron chi connectivity index (χ2n) is 4.50. The average Bonchev–Trinajstić information content (AvgIpc) is 2.84. The SMILES string of the molecule is CCc1ccc(Cn2ncc3c(Cl)ccnc32)cc1. The van der Waals surface area contributed by atoms with Crippen LogP contribution in [0.3, 0.4) is 0 Å².